The number of H-pyrrole nitrogens is 1. The highest BCUT2D eigenvalue weighted by Crippen LogP contribution is 2.24. The average molecular weight is 213 g/mol. The number of fused-ring (bicyclic) bond motifs is 1. The van der Waals surface area contributed by atoms with Gasteiger partial charge in [0.15, 0.2) is 0 Å². The number of aromatic amines is 1. The Morgan fingerprint density at radius 1 is 1.43 bits per heavy atom. The van der Waals surface area contributed by atoms with Gasteiger partial charge in [-0.05, 0) is 12.1 Å². The Morgan fingerprint density at radius 3 is 2.79 bits per heavy atom. The van der Waals surface area contributed by atoms with Crippen molar-refractivity contribution in [2.24, 2.45) is 0 Å². The second-order valence-corrected chi connectivity index (χ2v) is 4.22. The zero-order valence-corrected chi connectivity index (χ0v) is 7.75. The Balaban J connectivity index is 2.94. The molecule has 0 amide bonds. The molecule has 1 heterocycles. The first-order valence-corrected chi connectivity index (χ1v) is 5.12. The number of anilines is 1. The number of hydrogen-bond acceptors (Lipinski definition) is 4. The summed E-state index contributed by atoms with van der Waals surface area (Å²) in [5.41, 5.74) is 6.17. The molecule has 0 saturated heterocycles. The highest BCUT2D eigenvalue weighted by Gasteiger charge is 2.15. The van der Waals surface area contributed by atoms with Gasteiger partial charge in [0.25, 0.3) is 10.1 Å². The number of nitrogen functional groups attached to an aromatic ring is 1. The number of nitrogens with zero attached hydrogens (tertiary/aromatic N) is 1. The van der Waals surface area contributed by atoms with Crippen LogP contribution in [0.25, 0.3) is 10.9 Å². The monoisotopic (exact) mass is 213 g/mol. The SMILES string of the molecule is Nc1cc(S(=O)(=O)O)c2cn[nH]c2c1. The Morgan fingerprint density at radius 2 is 2.14 bits per heavy atom. The molecule has 6 nitrogen and oxygen atoms in total. The van der Waals surface area contributed by atoms with Crippen LogP contribution in [0, 0.1) is 0 Å². The van der Waals surface area contributed by atoms with Gasteiger partial charge in [0.05, 0.1) is 11.7 Å². The first-order valence-electron chi connectivity index (χ1n) is 3.68. The molecule has 0 fully saturated rings. The third-order valence-electron chi connectivity index (χ3n) is 1.82. The molecule has 1 aromatic carbocycles. The normalized spacial score (nSPS) is 12.1. The molecule has 0 aliphatic heterocycles. The first kappa shape index (κ1) is 8.97. The van der Waals surface area contributed by atoms with Gasteiger partial charge < -0.3 is 5.73 Å². The summed E-state index contributed by atoms with van der Waals surface area (Å²) >= 11 is 0. The number of rotatable bonds is 1. The number of aromatic nitrogens is 2. The Hall–Kier alpha value is -1.60. The smallest absolute Gasteiger partial charge is 0.295 e. The molecule has 2 aromatic rings. The van der Waals surface area contributed by atoms with Crippen LogP contribution in [0.5, 0.6) is 0 Å². The van der Waals surface area contributed by atoms with Gasteiger partial charge in [-0.15, -0.1) is 0 Å². The predicted octanol–water partition coefficient (Wildman–Crippen LogP) is 0.392. The fraction of sp³-hybridized carbons (Fsp3) is 0. The molecule has 1 aromatic heterocycles. The molecular formula is C7H7N3O3S. The van der Waals surface area contributed by atoms with E-state index in [0.717, 1.165) is 0 Å². The number of nitrogens with two attached hydrogens (primary N) is 1. The van der Waals surface area contributed by atoms with Crippen LogP contribution < -0.4 is 5.73 Å². The lowest BCUT2D eigenvalue weighted by Crippen LogP contribution is -2.00. The Kier molecular flexibility index (Phi) is 1.73. The zero-order chi connectivity index (χ0) is 10.3. The summed E-state index contributed by atoms with van der Waals surface area (Å²) in [4.78, 5) is -0.235. The lowest BCUT2D eigenvalue weighted by atomic mass is 10.2. The van der Waals surface area contributed by atoms with Gasteiger partial charge in [-0.25, -0.2) is 0 Å². The molecule has 0 atom stereocenters. The summed E-state index contributed by atoms with van der Waals surface area (Å²) in [6, 6.07) is 2.73. The molecule has 0 aliphatic carbocycles. The fourth-order valence-corrected chi connectivity index (χ4v) is 1.98. The molecule has 4 N–H and O–H groups in total. The fourth-order valence-electron chi connectivity index (χ4n) is 1.25. The number of hydrogen-bond donors (Lipinski definition) is 3. The van der Waals surface area contributed by atoms with Crippen molar-refractivity contribution < 1.29 is 13.0 Å². The van der Waals surface area contributed by atoms with Crippen molar-refractivity contribution >= 4 is 26.7 Å². The van der Waals surface area contributed by atoms with E-state index >= 15 is 0 Å². The molecule has 0 spiro atoms. The van der Waals surface area contributed by atoms with E-state index in [1.165, 1.54) is 18.3 Å². The van der Waals surface area contributed by atoms with Crippen LogP contribution in [0.15, 0.2) is 23.2 Å². The highest BCUT2D eigenvalue weighted by atomic mass is 32.2. The van der Waals surface area contributed by atoms with Gasteiger partial charge in [-0.3, -0.25) is 9.65 Å². The van der Waals surface area contributed by atoms with Crippen molar-refractivity contribution in [2.75, 3.05) is 5.73 Å². The molecule has 74 valence electrons. The van der Waals surface area contributed by atoms with Gasteiger partial charge in [0.2, 0.25) is 0 Å². The van der Waals surface area contributed by atoms with E-state index in [9.17, 15) is 8.42 Å². The van der Waals surface area contributed by atoms with E-state index in [2.05, 4.69) is 10.2 Å². The Bertz CT molecular complexity index is 587. The minimum atomic E-state index is -4.26. The van der Waals surface area contributed by atoms with Crippen LogP contribution in [-0.4, -0.2) is 23.2 Å². The molecule has 0 bridgehead atoms. The largest absolute Gasteiger partial charge is 0.399 e. The van der Waals surface area contributed by atoms with Gasteiger partial charge in [0.1, 0.15) is 4.90 Å². The van der Waals surface area contributed by atoms with Crippen molar-refractivity contribution in [3.8, 4) is 0 Å². The minimum absolute atomic E-state index is 0.235. The second-order valence-electron chi connectivity index (χ2n) is 2.83. The maximum Gasteiger partial charge on any atom is 0.295 e. The third-order valence-corrected chi connectivity index (χ3v) is 2.71. The lowest BCUT2D eigenvalue weighted by molar-refractivity contribution is 0.484. The lowest BCUT2D eigenvalue weighted by Gasteiger charge is -2.00. The summed E-state index contributed by atoms with van der Waals surface area (Å²) in [6.45, 7) is 0. The molecule has 14 heavy (non-hydrogen) atoms. The van der Waals surface area contributed by atoms with E-state index in [-0.39, 0.29) is 10.6 Å². The van der Waals surface area contributed by atoms with Crippen molar-refractivity contribution in [3.63, 3.8) is 0 Å². The maximum atomic E-state index is 11.0. The van der Waals surface area contributed by atoms with E-state index < -0.39 is 10.1 Å². The van der Waals surface area contributed by atoms with Gasteiger partial charge in [0, 0.05) is 11.1 Å². The average Bonchev–Trinajstić information content (AvgIpc) is 2.47. The van der Waals surface area contributed by atoms with Crippen molar-refractivity contribution in [1.29, 1.82) is 0 Å². The van der Waals surface area contributed by atoms with Crippen molar-refractivity contribution in [1.82, 2.24) is 10.2 Å². The quantitative estimate of drug-likeness (QED) is 0.469. The number of benzene rings is 1. The van der Waals surface area contributed by atoms with E-state index in [1.807, 2.05) is 0 Å². The molecule has 2 rings (SSSR count). The third kappa shape index (κ3) is 1.32. The van der Waals surface area contributed by atoms with Gasteiger partial charge in [-0.2, -0.15) is 13.5 Å². The standard InChI is InChI=1S/C7H7N3O3S/c8-4-1-6-5(3-9-10-6)7(2-4)14(11,12)13/h1-3H,8H2,(H,9,10)(H,11,12,13). The van der Waals surface area contributed by atoms with Crippen molar-refractivity contribution in [3.05, 3.63) is 18.3 Å². The summed E-state index contributed by atoms with van der Waals surface area (Å²) in [5.74, 6) is 0. The highest BCUT2D eigenvalue weighted by molar-refractivity contribution is 7.86. The minimum Gasteiger partial charge on any atom is -0.399 e. The topological polar surface area (TPSA) is 109 Å². The molecule has 0 unspecified atom stereocenters. The van der Waals surface area contributed by atoms with Crippen LogP contribution in [0.3, 0.4) is 0 Å². The van der Waals surface area contributed by atoms with E-state index in [4.69, 9.17) is 10.3 Å². The van der Waals surface area contributed by atoms with Crippen LogP contribution in [0.4, 0.5) is 5.69 Å². The Labute approximate surface area is 79.5 Å². The van der Waals surface area contributed by atoms with Gasteiger partial charge >= 0.3 is 0 Å². The molecule has 0 radical (unpaired) electrons. The molecule has 7 heteroatoms. The summed E-state index contributed by atoms with van der Waals surface area (Å²) < 4.78 is 30.8. The second kappa shape index (κ2) is 2.69. The molecule has 0 saturated carbocycles. The van der Waals surface area contributed by atoms with Gasteiger partial charge in [-0.1, -0.05) is 0 Å². The van der Waals surface area contributed by atoms with Crippen LogP contribution >= 0.6 is 0 Å². The maximum absolute atomic E-state index is 11.0. The van der Waals surface area contributed by atoms with Crippen LogP contribution in [-0.2, 0) is 10.1 Å². The first-order chi connectivity index (χ1) is 6.48. The summed E-state index contributed by atoms with van der Waals surface area (Å²) in [5, 5.41) is 6.55. The van der Waals surface area contributed by atoms with Crippen molar-refractivity contribution in [2.45, 2.75) is 4.90 Å². The molecular weight excluding hydrogens is 206 g/mol. The van der Waals surface area contributed by atoms with Crippen LogP contribution in [0.2, 0.25) is 0 Å². The zero-order valence-electron chi connectivity index (χ0n) is 6.93. The predicted molar refractivity (Wildman–Crippen MR) is 50.3 cm³/mol. The summed E-state index contributed by atoms with van der Waals surface area (Å²) in [6.07, 6.45) is 1.32. The molecule has 0 aliphatic rings. The number of nitrogens with one attached hydrogen (secondary N) is 1. The van der Waals surface area contributed by atoms with E-state index in [0.29, 0.717) is 10.9 Å². The summed E-state index contributed by atoms with van der Waals surface area (Å²) in [7, 11) is -4.26. The van der Waals surface area contributed by atoms with E-state index in [1.54, 1.807) is 0 Å². The van der Waals surface area contributed by atoms with Crippen LogP contribution in [0.1, 0.15) is 0 Å².